The maximum absolute atomic E-state index is 10.4. The van der Waals surface area contributed by atoms with Gasteiger partial charge in [-0.2, -0.15) is 0 Å². The van der Waals surface area contributed by atoms with Crippen LogP contribution >= 0.6 is 15.2 Å². The normalized spacial score (nSPS) is 14.0. The van der Waals surface area contributed by atoms with Crippen molar-refractivity contribution in [2.75, 3.05) is 25.7 Å². The second kappa shape index (κ2) is 12.9. The van der Waals surface area contributed by atoms with Crippen LogP contribution in [0.25, 0.3) is 0 Å². The summed E-state index contributed by atoms with van der Waals surface area (Å²) in [5, 5.41) is 8.42. The zero-order valence-electron chi connectivity index (χ0n) is 10.1. The quantitative estimate of drug-likeness (QED) is 0.363. The van der Waals surface area contributed by atoms with Gasteiger partial charge >= 0.3 is 88.7 Å². The van der Waals surface area contributed by atoms with Gasteiger partial charge in [0.05, 0.1) is 12.9 Å². The van der Waals surface area contributed by atoms with Crippen molar-refractivity contribution in [3.8, 4) is 0 Å². The number of nitrogens with zero attached hydrogens (tertiary/aromatic N) is 1. The largest absolute Gasteiger partial charge is 1.00 e. The molecule has 8 nitrogen and oxygen atoms in total. The summed E-state index contributed by atoms with van der Waals surface area (Å²) in [7, 11) is -9.57. The Morgan fingerprint density at radius 1 is 1.00 bits per heavy atom. The molecule has 0 radical (unpaired) electrons. The van der Waals surface area contributed by atoms with Crippen molar-refractivity contribution in [2.24, 2.45) is 0 Å². The molecule has 0 aromatic rings. The molecule has 0 aromatic heterocycles. The molecule has 0 fully saturated rings. The standard InChI is InChI=1S/C4H13NO7P2.3Na/c6-2-1-5(3-13(7,8)9)4-14(10,11)12;;;/h6H,1-4H2,(H2,7,8,9)(H2,10,11,12);;;/q;3*+1/p-3. The van der Waals surface area contributed by atoms with Gasteiger partial charge in [-0.1, -0.05) is 7.60 Å². The van der Waals surface area contributed by atoms with Crippen LogP contribution in [-0.2, 0) is 9.13 Å². The number of rotatable bonds is 6. The van der Waals surface area contributed by atoms with E-state index in [2.05, 4.69) is 0 Å². The summed E-state index contributed by atoms with van der Waals surface area (Å²) in [4.78, 5) is 40.0. The number of hydrogen-bond acceptors (Lipinski definition) is 7. The molecule has 86 valence electrons. The van der Waals surface area contributed by atoms with Crippen LogP contribution in [0, 0.1) is 0 Å². The number of aliphatic hydroxyl groups is 1. The summed E-state index contributed by atoms with van der Waals surface area (Å²) in [5.41, 5.74) is 0. The van der Waals surface area contributed by atoms with Gasteiger partial charge in [0.1, 0.15) is 7.60 Å². The first-order chi connectivity index (χ1) is 6.14. The Hall–Kier alpha value is 3.22. The van der Waals surface area contributed by atoms with E-state index >= 15 is 0 Å². The fourth-order valence-electron chi connectivity index (χ4n) is 0.825. The van der Waals surface area contributed by atoms with Crippen LogP contribution in [0.4, 0.5) is 0 Å². The zero-order valence-corrected chi connectivity index (χ0v) is 17.9. The molecule has 2 N–H and O–H groups in total. The molecule has 0 aliphatic heterocycles. The minimum atomic E-state index is -4.89. The molecule has 1 unspecified atom stereocenters. The van der Waals surface area contributed by atoms with Crippen molar-refractivity contribution >= 4 is 15.2 Å². The van der Waals surface area contributed by atoms with Crippen molar-refractivity contribution in [1.29, 1.82) is 0 Å². The van der Waals surface area contributed by atoms with Crippen LogP contribution in [0.5, 0.6) is 0 Å². The van der Waals surface area contributed by atoms with Crippen LogP contribution in [0.3, 0.4) is 0 Å². The minimum absolute atomic E-state index is 0. The summed E-state index contributed by atoms with van der Waals surface area (Å²) in [6, 6.07) is 0. The third kappa shape index (κ3) is 21.7. The fraction of sp³-hybridized carbons (Fsp3) is 1.00. The van der Waals surface area contributed by atoms with Gasteiger partial charge in [0.15, 0.2) is 0 Å². The van der Waals surface area contributed by atoms with Gasteiger partial charge in [-0.05, 0) is 0 Å². The predicted octanol–water partition coefficient (Wildman–Crippen LogP) is -12.3. The molecule has 0 saturated heterocycles. The molecule has 13 heteroatoms. The van der Waals surface area contributed by atoms with Gasteiger partial charge in [0.2, 0.25) is 0 Å². The van der Waals surface area contributed by atoms with Gasteiger partial charge in [0.25, 0.3) is 0 Å². The Bertz CT molecular complexity index is 244. The van der Waals surface area contributed by atoms with Gasteiger partial charge in [-0.25, -0.2) is 0 Å². The fourth-order valence-corrected chi connectivity index (χ4v) is 2.46. The summed E-state index contributed by atoms with van der Waals surface area (Å²) >= 11 is 0. The van der Waals surface area contributed by atoms with E-state index in [-0.39, 0.29) is 95.2 Å². The average molecular weight is 315 g/mol. The van der Waals surface area contributed by atoms with E-state index in [1.165, 1.54) is 0 Å². The summed E-state index contributed by atoms with van der Waals surface area (Å²) < 4.78 is 20.6. The van der Waals surface area contributed by atoms with E-state index in [9.17, 15) is 23.8 Å². The SMILES string of the molecule is O=P([O-])([O-])CN(CCO)CP(=O)([O-])O.[Na+].[Na+].[Na+]. The number of hydrogen-bond donors (Lipinski definition) is 2. The molecule has 0 aromatic carbocycles. The summed E-state index contributed by atoms with van der Waals surface area (Å²) in [5.74, 6) is 0. The third-order valence-electron chi connectivity index (χ3n) is 1.17. The van der Waals surface area contributed by atoms with Crippen LogP contribution in [-0.4, -0.2) is 40.6 Å². The molecular weight excluding hydrogens is 305 g/mol. The van der Waals surface area contributed by atoms with Gasteiger partial charge < -0.3 is 33.8 Å². The van der Waals surface area contributed by atoms with Gasteiger partial charge in [-0.3, -0.25) is 4.90 Å². The predicted molar refractivity (Wildman–Crippen MR) is 41.0 cm³/mol. The van der Waals surface area contributed by atoms with Gasteiger partial charge in [0, 0.05) is 12.8 Å². The molecule has 0 saturated carbocycles. The molecule has 0 bridgehead atoms. The first kappa shape index (κ1) is 28.4. The van der Waals surface area contributed by atoms with Crippen molar-refractivity contribution in [3.63, 3.8) is 0 Å². The molecule has 0 rings (SSSR count). The Balaban J connectivity index is -0.000000282. The molecule has 0 aliphatic rings. The van der Waals surface area contributed by atoms with Crippen molar-refractivity contribution in [2.45, 2.75) is 0 Å². The van der Waals surface area contributed by atoms with E-state index in [1.807, 2.05) is 0 Å². The summed E-state index contributed by atoms with van der Waals surface area (Å²) in [6.07, 6.45) is -2.01. The average Bonchev–Trinajstić information content (AvgIpc) is 1.78. The van der Waals surface area contributed by atoms with E-state index < -0.39 is 34.4 Å². The Morgan fingerprint density at radius 2 is 1.41 bits per heavy atom. The van der Waals surface area contributed by atoms with Crippen LogP contribution in [0.15, 0.2) is 0 Å². The van der Waals surface area contributed by atoms with Crippen LogP contribution in [0.2, 0.25) is 0 Å². The monoisotopic (exact) mass is 315 g/mol. The Morgan fingerprint density at radius 3 is 1.65 bits per heavy atom. The third-order valence-corrected chi connectivity index (χ3v) is 2.67. The molecule has 17 heavy (non-hydrogen) atoms. The minimum Gasteiger partial charge on any atom is -0.810 e. The topological polar surface area (TPSA) is 147 Å². The first-order valence-electron chi connectivity index (χ1n) is 3.51. The van der Waals surface area contributed by atoms with Crippen molar-refractivity contribution in [1.82, 2.24) is 4.90 Å². The maximum Gasteiger partial charge on any atom is 1.00 e. The number of aliphatic hydroxyl groups excluding tert-OH is 1. The first-order valence-corrected chi connectivity index (χ1v) is 7.00. The second-order valence-corrected chi connectivity index (χ2v) is 5.71. The molecule has 0 amide bonds. The Kier molecular flexibility index (Phi) is 21.6. The molecule has 0 aliphatic carbocycles. The Labute approximate surface area is 166 Å². The molecule has 0 spiro atoms. The van der Waals surface area contributed by atoms with Gasteiger partial charge in [-0.15, -0.1) is 0 Å². The summed E-state index contributed by atoms with van der Waals surface area (Å²) in [6.45, 7) is -0.832. The van der Waals surface area contributed by atoms with Crippen molar-refractivity contribution < 1.29 is 122 Å². The van der Waals surface area contributed by atoms with E-state index in [4.69, 9.17) is 10.00 Å². The zero-order chi connectivity index (χ0) is 11.4. The molecule has 1 atom stereocenters. The van der Waals surface area contributed by atoms with Crippen LogP contribution < -0.4 is 103 Å². The van der Waals surface area contributed by atoms with E-state index in [1.54, 1.807) is 0 Å². The molecular formula is C4H10NNa3O7P2. The smallest absolute Gasteiger partial charge is 0.810 e. The van der Waals surface area contributed by atoms with Crippen molar-refractivity contribution in [3.05, 3.63) is 0 Å². The van der Waals surface area contributed by atoms with E-state index in [0.29, 0.717) is 4.90 Å². The van der Waals surface area contributed by atoms with E-state index in [0.717, 1.165) is 0 Å². The second-order valence-electron chi connectivity index (χ2n) is 2.65. The van der Waals surface area contributed by atoms with Crippen LogP contribution in [0.1, 0.15) is 0 Å². The maximum atomic E-state index is 10.4. The molecule has 0 heterocycles.